The SMILES string of the molecule is CC(C)c1ccc(OC[C@H](O)C[NH+]2CC[NH+](Cc3ccc4c(c3)OCO4)CC2)cc1. The van der Waals surface area contributed by atoms with Crippen molar-refractivity contribution < 1.29 is 29.1 Å². The molecule has 0 saturated carbocycles. The number of ether oxygens (including phenoxy) is 3. The smallest absolute Gasteiger partial charge is 0.231 e. The summed E-state index contributed by atoms with van der Waals surface area (Å²) >= 11 is 0. The first kappa shape index (κ1) is 21.0. The monoisotopic (exact) mass is 414 g/mol. The van der Waals surface area contributed by atoms with Crippen LogP contribution in [-0.2, 0) is 6.54 Å². The van der Waals surface area contributed by atoms with Crippen LogP contribution in [0.2, 0.25) is 0 Å². The van der Waals surface area contributed by atoms with Crippen LogP contribution in [0.3, 0.4) is 0 Å². The fraction of sp³-hybridized carbons (Fsp3) is 0.500. The van der Waals surface area contributed by atoms with Crippen LogP contribution in [0, 0.1) is 0 Å². The van der Waals surface area contributed by atoms with Gasteiger partial charge in [0.2, 0.25) is 6.79 Å². The van der Waals surface area contributed by atoms with Crippen molar-refractivity contribution in [3.05, 3.63) is 53.6 Å². The first-order valence-electron chi connectivity index (χ1n) is 11.0. The normalized spacial score (nSPS) is 21.6. The Kier molecular flexibility index (Phi) is 6.77. The lowest BCUT2D eigenvalue weighted by Crippen LogP contribution is -3.28. The van der Waals surface area contributed by atoms with Gasteiger partial charge in [0.1, 0.15) is 57.7 Å². The molecule has 2 aliphatic rings. The average Bonchev–Trinajstić information content (AvgIpc) is 3.22. The van der Waals surface area contributed by atoms with Crippen LogP contribution in [0.4, 0.5) is 0 Å². The van der Waals surface area contributed by atoms with Gasteiger partial charge in [0.25, 0.3) is 0 Å². The highest BCUT2D eigenvalue weighted by atomic mass is 16.7. The number of piperazine rings is 1. The lowest BCUT2D eigenvalue weighted by Gasteiger charge is -2.30. The number of hydrogen-bond acceptors (Lipinski definition) is 4. The van der Waals surface area contributed by atoms with Crippen molar-refractivity contribution in [1.29, 1.82) is 0 Å². The van der Waals surface area contributed by atoms with E-state index in [4.69, 9.17) is 14.2 Å². The number of rotatable bonds is 8. The molecular formula is C24H34N2O4+2. The van der Waals surface area contributed by atoms with E-state index < -0.39 is 6.10 Å². The highest BCUT2D eigenvalue weighted by Gasteiger charge is 2.26. The summed E-state index contributed by atoms with van der Waals surface area (Å²) < 4.78 is 16.7. The Bertz CT molecular complexity index is 816. The molecule has 6 nitrogen and oxygen atoms in total. The molecule has 2 aliphatic heterocycles. The molecule has 30 heavy (non-hydrogen) atoms. The molecule has 3 N–H and O–H groups in total. The molecule has 162 valence electrons. The molecule has 0 unspecified atom stereocenters. The number of quaternary nitrogens is 2. The summed E-state index contributed by atoms with van der Waals surface area (Å²) in [5, 5.41) is 10.4. The van der Waals surface area contributed by atoms with Crippen LogP contribution in [-0.4, -0.2) is 57.3 Å². The van der Waals surface area contributed by atoms with Crippen molar-refractivity contribution in [2.75, 3.05) is 46.1 Å². The average molecular weight is 415 g/mol. The minimum Gasteiger partial charge on any atom is -0.491 e. The van der Waals surface area contributed by atoms with E-state index in [9.17, 15) is 5.11 Å². The Balaban J connectivity index is 1.17. The third-order valence-electron chi connectivity index (χ3n) is 6.07. The molecule has 0 bridgehead atoms. The summed E-state index contributed by atoms with van der Waals surface area (Å²) in [5.74, 6) is 3.04. The Morgan fingerprint density at radius 3 is 2.37 bits per heavy atom. The lowest BCUT2D eigenvalue weighted by atomic mass is 10.0. The number of benzene rings is 2. The van der Waals surface area contributed by atoms with Crippen molar-refractivity contribution >= 4 is 0 Å². The van der Waals surface area contributed by atoms with Gasteiger partial charge >= 0.3 is 0 Å². The minimum absolute atomic E-state index is 0.322. The van der Waals surface area contributed by atoms with Crippen molar-refractivity contribution in [3.8, 4) is 17.2 Å². The fourth-order valence-electron chi connectivity index (χ4n) is 4.21. The van der Waals surface area contributed by atoms with Crippen LogP contribution >= 0.6 is 0 Å². The van der Waals surface area contributed by atoms with Gasteiger partial charge in [0.05, 0.1) is 0 Å². The van der Waals surface area contributed by atoms with Crippen LogP contribution in [0.1, 0.15) is 30.9 Å². The summed E-state index contributed by atoms with van der Waals surface area (Å²) in [4.78, 5) is 3.03. The Morgan fingerprint density at radius 1 is 0.933 bits per heavy atom. The molecule has 0 amide bonds. The zero-order valence-corrected chi connectivity index (χ0v) is 18.0. The van der Waals surface area contributed by atoms with Gasteiger partial charge in [-0.1, -0.05) is 26.0 Å². The number of aliphatic hydroxyl groups excluding tert-OH is 1. The zero-order valence-electron chi connectivity index (χ0n) is 18.0. The molecule has 0 aliphatic carbocycles. The largest absolute Gasteiger partial charge is 0.491 e. The zero-order chi connectivity index (χ0) is 20.9. The molecule has 1 saturated heterocycles. The first-order valence-corrected chi connectivity index (χ1v) is 11.0. The topological polar surface area (TPSA) is 56.8 Å². The summed E-state index contributed by atoms with van der Waals surface area (Å²) in [6.07, 6.45) is -0.444. The maximum atomic E-state index is 10.4. The maximum absolute atomic E-state index is 10.4. The highest BCUT2D eigenvalue weighted by molar-refractivity contribution is 5.44. The van der Waals surface area contributed by atoms with Gasteiger partial charge in [-0.25, -0.2) is 0 Å². The summed E-state index contributed by atoms with van der Waals surface area (Å²) in [6.45, 7) is 11.1. The second-order valence-corrected chi connectivity index (χ2v) is 8.76. The summed E-state index contributed by atoms with van der Waals surface area (Å²) in [5.41, 5.74) is 2.59. The summed E-state index contributed by atoms with van der Waals surface area (Å²) in [6, 6.07) is 14.4. The van der Waals surface area contributed by atoms with Crippen LogP contribution in [0.15, 0.2) is 42.5 Å². The molecule has 2 aromatic carbocycles. The molecular weight excluding hydrogens is 380 g/mol. The highest BCUT2D eigenvalue weighted by Crippen LogP contribution is 2.32. The third-order valence-corrected chi connectivity index (χ3v) is 6.07. The van der Waals surface area contributed by atoms with E-state index in [1.165, 1.54) is 16.0 Å². The van der Waals surface area contributed by atoms with E-state index in [0.29, 0.717) is 19.3 Å². The van der Waals surface area contributed by atoms with Crippen LogP contribution in [0.5, 0.6) is 17.2 Å². The quantitative estimate of drug-likeness (QED) is 0.580. The van der Waals surface area contributed by atoms with Gasteiger partial charge in [0.15, 0.2) is 11.5 Å². The number of nitrogens with one attached hydrogen (secondary N) is 2. The predicted molar refractivity (Wildman–Crippen MR) is 115 cm³/mol. The van der Waals surface area contributed by atoms with E-state index in [2.05, 4.69) is 38.1 Å². The second kappa shape index (κ2) is 9.69. The Morgan fingerprint density at radius 2 is 1.63 bits per heavy atom. The number of aliphatic hydroxyl groups is 1. The molecule has 2 aromatic rings. The maximum Gasteiger partial charge on any atom is 0.231 e. The number of hydrogen-bond donors (Lipinski definition) is 3. The van der Waals surface area contributed by atoms with Gasteiger partial charge < -0.3 is 29.1 Å². The molecule has 0 aromatic heterocycles. The molecule has 0 radical (unpaired) electrons. The van der Waals surface area contributed by atoms with Gasteiger partial charge in [-0.15, -0.1) is 0 Å². The van der Waals surface area contributed by atoms with Crippen LogP contribution in [0.25, 0.3) is 0 Å². The van der Waals surface area contributed by atoms with E-state index >= 15 is 0 Å². The first-order chi connectivity index (χ1) is 14.6. The lowest BCUT2D eigenvalue weighted by molar-refractivity contribution is -1.02. The Hall–Kier alpha value is -2.28. The van der Waals surface area contributed by atoms with Gasteiger partial charge in [-0.3, -0.25) is 0 Å². The molecule has 6 heteroatoms. The molecule has 0 spiro atoms. The van der Waals surface area contributed by atoms with Crippen molar-refractivity contribution in [1.82, 2.24) is 0 Å². The molecule has 2 heterocycles. The predicted octanol–water partition coefficient (Wildman–Crippen LogP) is 0.262. The number of fused-ring (bicyclic) bond motifs is 1. The van der Waals surface area contributed by atoms with Gasteiger partial charge in [-0.05, 0) is 41.8 Å². The van der Waals surface area contributed by atoms with E-state index in [1.54, 1.807) is 4.90 Å². The third kappa shape index (κ3) is 5.45. The van der Waals surface area contributed by atoms with E-state index in [0.717, 1.165) is 56.5 Å². The van der Waals surface area contributed by atoms with Gasteiger partial charge in [0, 0.05) is 5.56 Å². The van der Waals surface area contributed by atoms with Crippen molar-refractivity contribution in [2.45, 2.75) is 32.4 Å². The minimum atomic E-state index is -0.444. The van der Waals surface area contributed by atoms with Crippen molar-refractivity contribution in [3.63, 3.8) is 0 Å². The van der Waals surface area contributed by atoms with Gasteiger partial charge in [-0.2, -0.15) is 0 Å². The fourth-order valence-corrected chi connectivity index (χ4v) is 4.21. The Labute approximate surface area is 179 Å². The molecule has 1 atom stereocenters. The summed E-state index contributed by atoms with van der Waals surface area (Å²) in [7, 11) is 0. The second-order valence-electron chi connectivity index (χ2n) is 8.76. The van der Waals surface area contributed by atoms with E-state index in [1.807, 2.05) is 18.2 Å². The molecule has 4 rings (SSSR count). The van der Waals surface area contributed by atoms with Crippen LogP contribution < -0.4 is 24.0 Å². The molecule has 1 fully saturated rings. The van der Waals surface area contributed by atoms with Crippen molar-refractivity contribution in [2.24, 2.45) is 0 Å². The standard InChI is InChI=1S/C24H32N2O4/c1-18(2)20-4-6-22(7-5-20)28-16-21(27)15-26-11-9-25(10-12-26)14-19-3-8-23-24(13-19)30-17-29-23/h3-8,13,18,21,27H,9-12,14-17H2,1-2H3/p+2/t21-/m1/s1. The van der Waals surface area contributed by atoms with E-state index in [-0.39, 0.29) is 0 Å².